The number of hydrogen-bond donors (Lipinski definition) is 1. The third-order valence-corrected chi connectivity index (χ3v) is 1.79. The molecule has 4 heteroatoms. The Kier molecular flexibility index (Phi) is 3.22. The van der Waals surface area contributed by atoms with Gasteiger partial charge in [0.2, 0.25) is 5.89 Å². The van der Waals surface area contributed by atoms with E-state index in [2.05, 4.69) is 10.1 Å². The van der Waals surface area contributed by atoms with Gasteiger partial charge in [0.15, 0.2) is 5.82 Å². The zero-order chi connectivity index (χ0) is 8.97. The minimum Gasteiger partial charge on any atom is -0.339 e. The van der Waals surface area contributed by atoms with Crippen LogP contribution in [0, 0.1) is 0 Å². The first-order valence-corrected chi connectivity index (χ1v) is 4.33. The lowest BCUT2D eigenvalue weighted by atomic mass is 10.2. The topological polar surface area (TPSA) is 64.9 Å². The van der Waals surface area contributed by atoms with Crippen molar-refractivity contribution in [3.63, 3.8) is 0 Å². The Labute approximate surface area is 72.1 Å². The molecule has 0 aliphatic rings. The van der Waals surface area contributed by atoms with Gasteiger partial charge in [0, 0.05) is 18.9 Å². The molecule has 12 heavy (non-hydrogen) atoms. The van der Waals surface area contributed by atoms with E-state index >= 15 is 0 Å². The van der Waals surface area contributed by atoms with Crippen molar-refractivity contribution in [1.82, 2.24) is 10.1 Å². The molecular formula is C8H15N3O. The standard InChI is InChI=1S/C8H15N3O/c1-3-6(9)5-8-10-7(4-2)11-12-8/h6H,3-5,9H2,1-2H3. The fraction of sp³-hybridized carbons (Fsp3) is 0.750. The number of nitrogens with two attached hydrogens (primary N) is 1. The Hall–Kier alpha value is -0.900. The maximum absolute atomic E-state index is 5.73. The second-order valence-corrected chi connectivity index (χ2v) is 2.83. The molecule has 2 N–H and O–H groups in total. The first-order chi connectivity index (χ1) is 5.76. The minimum absolute atomic E-state index is 0.134. The van der Waals surface area contributed by atoms with Crippen molar-refractivity contribution in [2.75, 3.05) is 0 Å². The van der Waals surface area contributed by atoms with Crippen molar-refractivity contribution < 1.29 is 4.52 Å². The molecule has 1 heterocycles. The van der Waals surface area contributed by atoms with E-state index in [-0.39, 0.29) is 6.04 Å². The number of aromatic nitrogens is 2. The first kappa shape index (κ1) is 9.19. The van der Waals surface area contributed by atoms with Crippen molar-refractivity contribution in [1.29, 1.82) is 0 Å². The average Bonchev–Trinajstić information content (AvgIpc) is 2.52. The van der Waals surface area contributed by atoms with Crippen LogP contribution in [0.3, 0.4) is 0 Å². The molecule has 1 unspecified atom stereocenters. The summed E-state index contributed by atoms with van der Waals surface area (Å²) in [6.07, 6.45) is 2.43. The zero-order valence-electron chi connectivity index (χ0n) is 7.58. The van der Waals surface area contributed by atoms with Gasteiger partial charge in [-0.05, 0) is 6.42 Å². The molecule has 1 rings (SSSR count). The van der Waals surface area contributed by atoms with Crippen LogP contribution >= 0.6 is 0 Å². The van der Waals surface area contributed by atoms with Gasteiger partial charge in [0.25, 0.3) is 0 Å². The maximum atomic E-state index is 5.73. The smallest absolute Gasteiger partial charge is 0.228 e. The lowest BCUT2D eigenvalue weighted by molar-refractivity contribution is 0.363. The van der Waals surface area contributed by atoms with Crippen molar-refractivity contribution in [2.24, 2.45) is 5.73 Å². The summed E-state index contributed by atoms with van der Waals surface area (Å²) < 4.78 is 4.99. The lowest BCUT2D eigenvalue weighted by Crippen LogP contribution is -2.21. The van der Waals surface area contributed by atoms with Gasteiger partial charge in [-0.15, -0.1) is 0 Å². The fourth-order valence-electron chi connectivity index (χ4n) is 0.885. The van der Waals surface area contributed by atoms with E-state index in [4.69, 9.17) is 10.3 Å². The van der Waals surface area contributed by atoms with Crippen molar-refractivity contribution in [2.45, 2.75) is 39.2 Å². The highest BCUT2D eigenvalue weighted by Crippen LogP contribution is 2.02. The third kappa shape index (κ3) is 2.30. The second kappa shape index (κ2) is 4.21. The highest BCUT2D eigenvalue weighted by atomic mass is 16.5. The zero-order valence-corrected chi connectivity index (χ0v) is 7.58. The number of hydrogen-bond acceptors (Lipinski definition) is 4. The summed E-state index contributed by atoms with van der Waals surface area (Å²) in [5.74, 6) is 1.41. The molecule has 0 saturated heterocycles. The van der Waals surface area contributed by atoms with E-state index in [0.717, 1.165) is 18.7 Å². The average molecular weight is 169 g/mol. The van der Waals surface area contributed by atoms with Crippen LogP contribution in [-0.2, 0) is 12.8 Å². The van der Waals surface area contributed by atoms with Crippen LogP contribution < -0.4 is 5.73 Å². The second-order valence-electron chi connectivity index (χ2n) is 2.83. The van der Waals surface area contributed by atoms with Gasteiger partial charge >= 0.3 is 0 Å². The molecule has 4 nitrogen and oxygen atoms in total. The number of rotatable bonds is 4. The third-order valence-electron chi connectivity index (χ3n) is 1.79. The maximum Gasteiger partial charge on any atom is 0.228 e. The minimum atomic E-state index is 0.134. The molecule has 0 saturated carbocycles. The molecule has 0 aliphatic carbocycles. The van der Waals surface area contributed by atoms with Gasteiger partial charge in [-0.2, -0.15) is 4.98 Å². The predicted octanol–water partition coefficient (Wildman–Crippen LogP) is 0.912. The Morgan fingerprint density at radius 3 is 2.75 bits per heavy atom. The molecule has 0 radical (unpaired) electrons. The highest BCUT2D eigenvalue weighted by Gasteiger charge is 2.08. The molecule has 1 atom stereocenters. The fourth-order valence-corrected chi connectivity index (χ4v) is 0.885. The summed E-state index contributed by atoms with van der Waals surface area (Å²) in [6.45, 7) is 4.04. The van der Waals surface area contributed by atoms with E-state index in [0.29, 0.717) is 12.3 Å². The van der Waals surface area contributed by atoms with Crippen LogP contribution in [0.15, 0.2) is 4.52 Å². The molecule has 1 aromatic heterocycles. The summed E-state index contributed by atoms with van der Waals surface area (Å²) >= 11 is 0. The number of aryl methyl sites for hydroxylation is 1. The van der Waals surface area contributed by atoms with Gasteiger partial charge in [-0.1, -0.05) is 19.0 Å². The molecule has 0 amide bonds. The molecule has 0 aliphatic heterocycles. The highest BCUT2D eigenvalue weighted by molar-refractivity contribution is 4.87. The summed E-state index contributed by atoms with van der Waals surface area (Å²) in [6, 6.07) is 0.134. The largest absolute Gasteiger partial charge is 0.339 e. The molecule has 68 valence electrons. The molecular weight excluding hydrogens is 154 g/mol. The van der Waals surface area contributed by atoms with Crippen molar-refractivity contribution in [3.8, 4) is 0 Å². The Balaban J connectivity index is 2.52. The Morgan fingerprint density at radius 1 is 1.50 bits per heavy atom. The van der Waals surface area contributed by atoms with E-state index < -0.39 is 0 Å². The number of nitrogens with zero attached hydrogens (tertiary/aromatic N) is 2. The van der Waals surface area contributed by atoms with E-state index in [1.807, 2.05) is 13.8 Å². The van der Waals surface area contributed by atoms with Crippen LogP contribution in [0.4, 0.5) is 0 Å². The first-order valence-electron chi connectivity index (χ1n) is 4.33. The van der Waals surface area contributed by atoms with Crippen LogP contribution in [0.1, 0.15) is 32.0 Å². The van der Waals surface area contributed by atoms with Gasteiger partial charge in [-0.25, -0.2) is 0 Å². The summed E-state index contributed by atoms with van der Waals surface area (Å²) in [5, 5.41) is 3.78. The van der Waals surface area contributed by atoms with Crippen LogP contribution in [0.2, 0.25) is 0 Å². The van der Waals surface area contributed by atoms with Gasteiger partial charge in [0.1, 0.15) is 0 Å². The molecule has 1 aromatic rings. The van der Waals surface area contributed by atoms with Crippen molar-refractivity contribution >= 4 is 0 Å². The van der Waals surface area contributed by atoms with Crippen LogP contribution in [-0.4, -0.2) is 16.2 Å². The van der Waals surface area contributed by atoms with Crippen LogP contribution in [0.5, 0.6) is 0 Å². The Morgan fingerprint density at radius 2 is 2.25 bits per heavy atom. The molecule has 0 spiro atoms. The Bertz CT molecular complexity index is 234. The van der Waals surface area contributed by atoms with Gasteiger partial charge in [-0.3, -0.25) is 0 Å². The van der Waals surface area contributed by atoms with E-state index in [1.54, 1.807) is 0 Å². The molecule has 0 bridgehead atoms. The SMILES string of the molecule is CCc1noc(CC(N)CC)n1. The monoisotopic (exact) mass is 169 g/mol. The summed E-state index contributed by atoms with van der Waals surface area (Å²) in [4.78, 5) is 4.16. The quantitative estimate of drug-likeness (QED) is 0.727. The normalized spacial score (nSPS) is 13.2. The summed E-state index contributed by atoms with van der Waals surface area (Å²) in [5.41, 5.74) is 5.73. The van der Waals surface area contributed by atoms with Gasteiger partial charge in [0.05, 0.1) is 0 Å². The van der Waals surface area contributed by atoms with Crippen LogP contribution in [0.25, 0.3) is 0 Å². The van der Waals surface area contributed by atoms with E-state index in [9.17, 15) is 0 Å². The lowest BCUT2D eigenvalue weighted by Gasteiger charge is -2.02. The van der Waals surface area contributed by atoms with E-state index in [1.165, 1.54) is 0 Å². The van der Waals surface area contributed by atoms with Crippen molar-refractivity contribution in [3.05, 3.63) is 11.7 Å². The van der Waals surface area contributed by atoms with Gasteiger partial charge < -0.3 is 10.3 Å². The summed E-state index contributed by atoms with van der Waals surface area (Å²) in [7, 11) is 0. The predicted molar refractivity (Wildman–Crippen MR) is 45.6 cm³/mol. The molecule has 0 fully saturated rings. The molecule has 0 aromatic carbocycles.